The molecule has 3 heteroatoms. The Hall–Kier alpha value is -1.58. The molecule has 2 aromatic rings. The van der Waals surface area contributed by atoms with Crippen molar-refractivity contribution < 1.29 is 4.74 Å². The average molecular weight is 226 g/mol. The molecular formula is C14H14N2O. The van der Waals surface area contributed by atoms with Crippen LogP contribution in [-0.4, -0.2) is 22.6 Å². The van der Waals surface area contributed by atoms with Gasteiger partial charge in [0.1, 0.15) is 0 Å². The molecule has 0 radical (unpaired) electrons. The zero-order chi connectivity index (χ0) is 11.2. The lowest BCUT2D eigenvalue weighted by atomic mass is 10.1. The van der Waals surface area contributed by atoms with Crippen LogP contribution in [0.25, 0.3) is 5.69 Å². The molecule has 0 spiro atoms. The molecule has 1 aromatic heterocycles. The average Bonchev–Trinajstić information content (AvgIpc) is 2.96. The maximum atomic E-state index is 5.86. The van der Waals surface area contributed by atoms with E-state index < -0.39 is 0 Å². The molecule has 0 unspecified atom stereocenters. The highest BCUT2D eigenvalue weighted by atomic mass is 16.5. The van der Waals surface area contributed by atoms with Gasteiger partial charge in [0.2, 0.25) is 0 Å². The van der Waals surface area contributed by atoms with Gasteiger partial charge in [-0.05, 0) is 23.8 Å². The lowest BCUT2D eigenvalue weighted by Gasteiger charge is -2.19. The molecule has 0 saturated carbocycles. The summed E-state index contributed by atoms with van der Waals surface area (Å²) in [4.78, 5) is 2.40. The summed E-state index contributed by atoms with van der Waals surface area (Å²) in [6.07, 6.45) is 2.25. The number of hydrogen-bond donors (Lipinski definition) is 0. The Bertz CT molecular complexity index is 561. The number of para-hydroxylation sites is 1. The highest BCUT2D eigenvalue weighted by Crippen LogP contribution is 2.34. The zero-order valence-corrected chi connectivity index (χ0v) is 9.54. The first-order chi connectivity index (χ1) is 8.43. The molecule has 1 aromatic carbocycles. The van der Waals surface area contributed by atoms with Crippen LogP contribution in [0.3, 0.4) is 0 Å². The van der Waals surface area contributed by atoms with E-state index in [0.717, 1.165) is 19.7 Å². The quantitative estimate of drug-likeness (QED) is 0.686. The van der Waals surface area contributed by atoms with E-state index in [9.17, 15) is 0 Å². The van der Waals surface area contributed by atoms with Crippen molar-refractivity contribution in [2.75, 3.05) is 13.2 Å². The molecular weight excluding hydrogens is 212 g/mol. The van der Waals surface area contributed by atoms with E-state index in [4.69, 9.17) is 4.74 Å². The van der Waals surface area contributed by atoms with E-state index in [1.54, 1.807) is 0 Å². The molecule has 4 rings (SSSR count). The summed E-state index contributed by atoms with van der Waals surface area (Å²) in [6.45, 7) is 2.82. The summed E-state index contributed by atoms with van der Waals surface area (Å²) in [6, 6.07) is 12.8. The zero-order valence-electron chi connectivity index (χ0n) is 9.54. The van der Waals surface area contributed by atoms with Gasteiger partial charge in [-0.15, -0.1) is 0 Å². The van der Waals surface area contributed by atoms with Crippen LogP contribution in [0.5, 0.6) is 0 Å². The Kier molecular flexibility index (Phi) is 1.92. The van der Waals surface area contributed by atoms with Crippen molar-refractivity contribution in [1.82, 2.24) is 9.47 Å². The van der Waals surface area contributed by atoms with Crippen molar-refractivity contribution in [2.45, 2.75) is 12.8 Å². The smallest absolute Gasteiger partial charge is 0.152 e. The van der Waals surface area contributed by atoms with E-state index in [0.29, 0.717) is 0 Å². The topological polar surface area (TPSA) is 17.4 Å². The predicted octanol–water partition coefficient (Wildman–Crippen LogP) is 2.32. The summed E-state index contributed by atoms with van der Waals surface area (Å²) in [5, 5.41) is 0. The first-order valence-electron chi connectivity index (χ1n) is 6.05. The van der Waals surface area contributed by atoms with E-state index >= 15 is 0 Å². The van der Waals surface area contributed by atoms with E-state index in [-0.39, 0.29) is 6.23 Å². The predicted molar refractivity (Wildman–Crippen MR) is 64.9 cm³/mol. The summed E-state index contributed by atoms with van der Waals surface area (Å²) >= 11 is 0. The first kappa shape index (κ1) is 9.45. The molecule has 0 amide bonds. The minimum atomic E-state index is 0.123. The van der Waals surface area contributed by atoms with Gasteiger partial charge in [-0.3, -0.25) is 4.90 Å². The highest BCUT2D eigenvalue weighted by Gasteiger charge is 2.32. The van der Waals surface area contributed by atoms with Crippen LogP contribution < -0.4 is 0 Å². The summed E-state index contributed by atoms with van der Waals surface area (Å²) in [5.74, 6) is 0. The molecule has 86 valence electrons. The second-order valence-electron chi connectivity index (χ2n) is 4.63. The van der Waals surface area contributed by atoms with Crippen LogP contribution in [0.15, 0.2) is 42.6 Å². The number of rotatable bonds is 0. The fourth-order valence-electron chi connectivity index (χ4n) is 2.85. The van der Waals surface area contributed by atoms with Gasteiger partial charge in [-0.1, -0.05) is 18.2 Å². The van der Waals surface area contributed by atoms with Gasteiger partial charge in [0, 0.05) is 25.0 Å². The second kappa shape index (κ2) is 3.45. The largest absolute Gasteiger partial charge is 0.356 e. The van der Waals surface area contributed by atoms with Crippen LogP contribution in [0.4, 0.5) is 0 Å². The Morgan fingerprint density at radius 3 is 3.06 bits per heavy atom. The molecule has 1 atom stereocenters. The number of hydrogen-bond acceptors (Lipinski definition) is 2. The van der Waals surface area contributed by atoms with Gasteiger partial charge >= 0.3 is 0 Å². The van der Waals surface area contributed by atoms with E-state index in [2.05, 4.69) is 52.1 Å². The van der Waals surface area contributed by atoms with Gasteiger partial charge in [0.25, 0.3) is 0 Å². The van der Waals surface area contributed by atoms with E-state index in [1.165, 1.54) is 16.9 Å². The maximum absolute atomic E-state index is 5.86. The van der Waals surface area contributed by atoms with Gasteiger partial charge in [0.05, 0.1) is 12.3 Å². The highest BCUT2D eigenvalue weighted by molar-refractivity contribution is 5.44. The van der Waals surface area contributed by atoms with Crippen molar-refractivity contribution >= 4 is 0 Å². The van der Waals surface area contributed by atoms with Crippen LogP contribution >= 0.6 is 0 Å². The minimum Gasteiger partial charge on any atom is -0.356 e. The van der Waals surface area contributed by atoms with Crippen molar-refractivity contribution in [1.29, 1.82) is 0 Å². The summed E-state index contributed by atoms with van der Waals surface area (Å²) in [7, 11) is 0. The lowest BCUT2D eigenvalue weighted by molar-refractivity contribution is 0.0264. The Morgan fingerprint density at radius 1 is 1.12 bits per heavy atom. The van der Waals surface area contributed by atoms with Crippen LogP contribution in [0.1, 0.15) is 17.5 Å². The Balaban J connectivity index is 1.97. The third-order valence-corrected chi connectivity index (χ3v) is 3.64. The fraction of sp³-hybridized carbons (Fsp3) is 0.286. The third-order valence-electron chi connectivity index (χ3n) is 3.64. The van der Waals surface area contributed by atoms with Crippen LogP contribution in [-0.2, 0) is 11.3 Å². The minimum absolute atomic E-state index is 0.123. The molecule has 0 bridgehead atoms. The molecule has 2 aliphatic rings. The molecule has 3 heterocycles. The standard InChI is InChI=1S/C14H14N2O/c1-2-5-12-11(4-1)10-15-8-9-17-14(15)13-6-3-7-16(12)13/h1-7,14H,8-10H2/t14-/m1/s1. The van der Waals surface area contributed by atoms with Gasteiger partial charge < -0.3 is 9.30 Å². The number of benzene rings is 1. The SMILES string of the molecule is c1ccc2c(c1)CN1CCO[C@@H]1c1cccn1-2. The second-order valence-corrected chi connectivity index (χ2v) is 4.63. The normalized spacial score (nSPS) is 22.7. The number of fused-ring (bicyclic) bond motifs is 5. The van der Waals surface area contributed by atoms with Crippen molar-refractivity contribution in [3.63, 3.8) is 0 Å². The Labute approximate surface area is 100 Å². The van der Waals surface area contributed by atoms with Crippen molar-refractivity contribution in [2.24, 2.45) is 0 Å². The number of ether oxygens (including phenoxy) is 1. The van der Waals surface area contributed by atoms with Crippen molar-refractivity contribution in [3.05, 3.63) is 53.9 Å². The summed E-state index contributed by atoms with van der Waals surface area (Å²) in [5.41, 5.74) is 3.90. The monoisotopic (exact) mass is 226 g/mol. The molecule has 1 saturated heterocycles. The molecule has 2 aliphatic heterocycles. The van der Waals surface area contributed by atoms with E-state index in [1.807, 2.05) is 0 Å². The van der Waals surface area contributed by atoms with Crippen molar-refractivity contribution in [3.8, 4) is 5.69 Å². The lowest BCUT2D eigenvalue weighted by Crippen LogP contribution is -2.22. The van der Waals surface area contributed by atoms with Gasteiger partial charge in [-0.2, -0.15) is 0 Å². The van der Waals surface area contributed by atoms with Crippen LogP contribution in [0.2, 0.25) is 0 Å². The Morgan fingerprint density at radius 2 is 2.06 bits per heavy atom. The molecule has 17 heavy (non-hydrogen) atoms. The van der Waals surface area contributed by atoms with Gasteiger partial charge in [0.15, 0.2) is 6.23 Å². The molecule has 0 aliphatic carbocycles. The molecule has 0 N–H and O–H groups in total. The molecule has 1 fully saturated rings. The number of nitrogens with zero attached hydrogens (tertiary/aromatic N) is 2. The fourth-order valence-corrected chi connectivity index (χ4v) is 2.85. The first-order valence-corrected chi connectivity index (χ1v) is 6.05. The third kappa shape index (κ3) is 1.30. The maximum Gasteiger partial charge on any atom is 0.152 e. The number of aromatic nitrogens is 1. The van der Waals surface area contributed by atoms with Crippen LogP contribution in [0, 0.1) is 0 Å². The van der Waals surface area contributed by atoms with Gasteiger partial charge in [-0.25, -0.2) is 0 Å². The molecule has 3 nitrogen and oxygen atoms in total. The summed E-state index contributed by atoms with van der Waals surface area (Å²) < 4.78 is 8.11.